The number of oxazole rings is 1. The van der Waals surface area contributed by atoms with Gasteiger partial charge in [-0.25, -0.2) is 4.98 Å². The van der Waals surface area contributed by atoms with E-state index in [9.17, 15) is 4.79 Å². The molecule has 2 heterocycles. The topological polar surface area (TPSA) is 63.8 Å². The fraction of sp³-hybridized carbons (Fsp3) is 0.429. The van der Waals surface area contributed by atoms with Crippen molar-refractivity contribution in [2.24, 2.45) is 7.05 Å². The van der Waals surface area contributed by atoms with Crippen molar-refractivity contribution in [3.63, 3.8) is 0 Å². The van der Waals surface area contributed by atoms with Gasteiger partial charge in [0, 0.05) is 24.2 Å². The molecule has 0 unspecified atom stereocenters. The molecule has 0 bridgehead atoms. The van der Waals surface area contributed by atoms with E-state index in [0.717, 1.165) is 11.4 Å². The third-order valence-electron chi connectivity index (χ3n) is 2.86. The second kappa shape index (κ2) is 4.57. The Kier molecular flexibility index (Phi) is 3.22. The first-order valence-electron chi connectivity index (χ1n) is 6.18. The van der Waals surface area contributed by atoms with Crippen LogP contribution in [0.2, 0.25) is 0 Å². The van der Waals surface area contributed by atoms with Crippen molar-refractivity contribution in [3.8, 4) is 0 Å². The number of H-pyrrole nitrogens is 1. The molecule has 19 heavy (non-hydrogen) atoms. The van der Waals surface area contributed by atoms with Crippen molar-refractivity contribution < 1.29 is 4.42 Å². The van der Waals surface area contributed by atoms with Crippen LogP contribution in [0.1, 0.15) is 43.6 Å². The van der Waals surface area contributed by atoms with Gasteiger partial charge in [-0.3, -0.25) is 14.6 Å². The van der Waals surface area contributed by atoms with Crippen molar-refractivity contribution in [3.05, 3.63) is 39.5 Å². The van der Waals surface area contributed by atoms with Gasteiger partial charge in [0.2, 0.25) is 5.89 Å². The van der Waals surface area contributed by atoms with Gasteiger partial charge in [-0.05, 0) is 13.0 Å². The second-order valence-electron chi connectivity index (χ2n) is 5.68. The number of aromatic nitrogens is 3. The summed E-state index contributed by atoms with van der Waals surface area (Å²) < 4.78 is 6.73. The van der Waals surface area contributed by atoms with Gasteiger partial charge in [-0.2, -0.15) is 0 Å². The maximum absolute atomic E-state index is 12.1. The smallest absolute Gasteiger partial charge is 0.273 e. The average Bonchev–Trinajstić information content (AvgIpc) is 2.82. The summed E-state index contributed by atoms with van der Waals surface area (Å²) in [6.07, 6.45) is 5.05. The van der Waals surface area contributed by atoms with Crippen molar-refractivity contribution in [2.75, 3.05) is 0 Å². The molecule has 0 saturated carbocycles. The van der Waals surface area contributed by atoms with Crippen LogP contribution < -0.4 is 5.56 Å². The van der Waals surface area contributed by atoms with Crippen LogP contribution in [0.4, 0.5) is 0 Å². The summed E-state index contributed by atoms with van der Waals surface area (Å²) in [5.41, 5.74) is 2.18. The number of nitrogens with zero attached hydrogens (tertiary/aromatic N) is 2. The second-order valence-corrected chi connectivity index (χ2v) is 5.68. The summed E-state index contributed by atoms with van der Waals surface area (Å²) in [4.78, 5) is 16.3. The van der Waals surface area contributed by atoms with E-state index < -0.39 is 0 Å². The van der Waals surface area contributed by atoms with Crippen LogP contribution in [0.15, 0.2) is 15.5 Å². The highest BCUT2D eigenvalue weighted by Gasteiger charge is 2.22. The quantitative estimate of drug-likeness (QED) is 0.903. The fourth-order valence-corrected chi connectivity index (χ4v) is 1.90. The highest BCUT2D eigenvalue weighted by molar-refractivity contribution is 5.67. The van der Waals surface area contributed by atoms with Crippen LogP contribution in [0.25, 0.3) is 12.2 Å². The van der Waals surface area contributed by atoms with E-state index >= 15 is 0 Å². The Balaban J connectivity index is 2.45. The normalized spacial score (nSPS) is 12.5. The molecule has 0 saturated heterocycles. The molecule has 2 aromatic heterocycles. The van der Waals surface area contributed by atoms with Gasteiger partial charge < -0.3 is 4.42 Å². The molecular weight excluding hydrogens is 242 g/mol. The van der Waals surface area contributed by atoms with E-state index in [1.54, 1.807) is 25.5 Å². The molecule has 0 radical (unpaired) electrons. The monoisotopic (exact) mass is 261 g/mol. The number of aryl methyl sites for hydroxylation is 2. The molecule has 0 fully saturated rings. The first kappa shape index (κ1) is 13.4. The highest BCUT2D eigenvalue weighted by atomic mass is 16.3. The van der Waals surface area contributed by atoms with Crippen molar-refractivity contribution >= 4 is 12.2 Å². The first-order chi connectivity index (χ1) is 8.79. The summed E-state index contributed by atoms with van der Waals surface area (Å²) in [6.45, 7) is 8.04. The molecule has 0 amide bonds. The van der Waals surface area contributed by atoms with Crippen LogP contribution in [0.3, 0.4) is 0 Å². The summed E-state index contributed by atoms with van der Waals surface area (Å²) in [5, 5.41) is 3.10. The van der Waals surface area contributed by atoms with Crippen LogP contribution in [-0.2, 0) is 12.5 Å². The molecule has 0 aromatic carbocycles. The predicted octanol–water partition coefficient (Wildman–Crippen LogP) is 2.48. The summed E-state index contributed by atoms with van der Waals surface area (Å²) in [6, 6.07) is 0. The molecule has 0 aliphatic rings. The molecule has 0 atom stereocenters. The zero-order valence-electron chi connectivity index (χ0n) is 11.9. The third-order valence-corrected chi connectivity index (χ3v) is 2.86. The van der Waals surface area contributed by atoms with Crippen LogP contribution >= 0.6 is 0 Å². The number of aromatic amines is 1. The fourth-order valence-electron chi connectivity index (χ4n) is 1.90. The number of nitrogens with one attached hydrogen (secondary N) is 1. The lowest BCUT2D eigenvalue weighted by atomic mass is 9.89. The molecule has 5 nitrogen and oxygen atoms in total. The zero-order chi connectivity index (χ0) is 14.2. The number of hydrogen-bond acceptors (Lipinski definition) is 3. The zero-order valence-corrected chi connectivity index (χ0v) is 11.9. The lowest BCUT2D eigenvalue weighted by Gasteiger charge is -2.17. The van der Waals surface area contributed by atoms with Gasteiger partial charge in [-0.1, -0.05) is 20.8 Å². The molecule has 0 aliphatic heterocycles. The van der Waals surface area contributed by atoms with Crippen molar-refractivity contribution in [2.45, 2.75) is 33.1 Å². The summed E-state index contributed by atoms with van der Waals surface area (Å²) in [7, 11) is 1.71. The Labute approximate surface area is 112 Å². The van der Waals surface area contributed by atoms with Crippen LogP contribution in [-0.4, -0.2) is 14.8 Å². The maximum Gasteiger partial charge on any atom is 0.273 e. The lowest BCUT2D eigenvalue weighted by molar-refractivity contribution is 0.545. The highest BCUT2D eigenvalue weighted by Crippen LogP contribution is 2.23. The molecular formula is C14H19N3O2. The first-order valence-corrected chi connectivity index (χ1v) is 6.18. The molecule has 2 rings (SSSR count). The lowest BCUT2D eigenvalue weighted by Crippen LogP contribution is -2.15. The third kappa shape index (κ3) is 2.70. The minimum atomic E-state index is -0.132. The molecule has 0 aliphatic carbocycles. The number of rotatable bonds is 2. The van der Waals surface area contributed by atoms with E-state index in [4.69, 9.17) is 4.42 Å². The Morgan fingerprint density at radius 2 is 2.05 bits per heavy atom. The van der Waals surface area contributed by atoms with Gasteiger partial charge in [0.15, 0.2) is 0 Å². The minimum Gasteiger partial charge on any atom is -0.445 e. The van der Waals surface area contributed by atoms with Gasteiger partial charge >= 0.3 is 0 Å². The van der Waals surface area contributed by atoms with Crippen LogP contribution in [0, 0.1) is 6.92 Å². The van der Waals surface area contributed by atoms with E-state index in [1.165, 1.54) is 4.68 Å². The minimum absolute atomic E-state index is 0.0514. The van der Waals surface area contributed by atoms with E-state index in [0.29, 0.717) is 11.5 Å². The SMILES string of the molecule is Cc1coc(C=Cc2c(C(C)(C)C)[nH]n(C)c2=O)n1. The maximum atomic E-state index is 12.1. The largest absolute Gasteiger partial charge is 0.445 e. The van der Waals surface area contributed by atoms with Gasteiger partial charge in [-0.15, -0.1) is 0 Å². The molecule has 5 heteroatoms. The molecule has 1 N–H and O–H groups in total. The molecule has 0 spiro atoms. The van der Waals surface area contributed by atoms with Crippen LogP contribution in [0.5, 0.6) is 0 Å². The average molecular weight is 261 g/mol. The van der Waals surface area contributed by atoms with Gasteiger partial charge in [0.05, 0.1) is 11.3 Å². The number of hydrogen-bond donors (Lipinski definition) is 1. The van der Waals surface area contributed by atoms with Crippen molar-refractivity contribution in [1.82, 2.24) is 14.8 Å². The summed E-state index contributed by atoms with van der Waals surface area (Å²) >= 11 is 0. The molecule has 102 valence electrons. The summed E-state index contributed by atoms with van der Waals surface area (Å²) in [5.74, 6) is 0.501. The van der Waals surface area contributed by atoms with E-state index in [-0.39, 0.29) is 11.0 Å². The van der Waals surface area contributed by atoms with E-state index in [2.05, 4.69) is 30.9 Å². The molecule has 2 aromatic rings. The van der Waals surface area contributed by atoms with Crippen molar-refractivity contribution in [1.29, 1.82) is 0 Å². The Bertz CT molecular complexity index is 666. The Morgan fingerprint density at radius 3 is 2.58 bits per heavy atom. The van der Waals surface area contributed by atoms with Gasteiger partial charge in [0.25, 0.3) is 5.56 Å². The predicted molar refractivity (Wildman–Crippen MR) is 74.9 cm³/mol. The standard InChI is InChI=1S/C14H19N3O2/c1-9-8-19-11(15-9)7-6-10-12(14(2,3)4)16-17(5)13(10)18/h6-8,16H,1-5H3. The Morgan fingerprint density at radius 1 is 1.37 bits per heavy atom. The van der Waals surface area contributed by atoms with Gasteiger partial charge in [0.1, 0.15) is 6.26 Å². The Hall–Kier alpha value is -2.04. The van der Waals surface area contributed by atoms with E-state index in [1.807, 2.05) is 6.92 Å².